The third kappa shape index (κ3) is 3.91. The highest BCUT2D eigenvalue weighted by atomic mass is 16.7. The van der Waals surface area contributed by atoms with Gasteiger partial charge >= 0.3 is 5.97 Å². The van der Waals surface area contributed by atoms with E-state index < -0.39 is 0 Å². The predicted octanol–water partition coefficient (Wildman–Crippen LogP) is 1.56. The first-order chi connectivity index (χ1) is 9.17. The van der Waals surface area contributed by atoms with Gasteiger partial charge in [-0.2, -0.15) is 0 Å². The van der Waals surface area contributed by atoms with Gasteiger partial charge in [-0.15, -0.1) is 0 Å². The fraction of sp³-hybridized carbons (Fsp3) is 0.929. The van der Waals surface area contributed by atoms with Crippen molar-refractivity contribution < 1.29 is 19.0 Å². The van der Waals surface area contributed by atoms with E-state index >= 15 is 0 Å². The second kappa shape index (κ2) is 6.68. The summed E-state index contributed by atoms with van der Waals surface area (Å²) >= 11 is 0. The molecule has 0 bridgehead atoms. The Hall–Kier alpha value is -0.650. The summed E-state index contributed by atoms with van der Waals surface area (Å²) in [5.74, 6) is -0.503. The van der Waals surface area contributed by atoms with Crippen LogP contribution in [-0.4, -0.2) is 56.1 Å². The lowest BCUT2D eigenvalue weighted by atomic mass is 10.2. The summed E-state index contributed by atoms with van der Waals surface area (Å²) in [5.41, 5.74) is 0. The van der Waals surface area contributed by atoms with E-state index in [4.69, 9.17) is 14.2 Å². The van der Waals surface area contributed by atoms with Gasteiger partial charge in [-0.3, -0.25) is 9.69 Å². The van der Waals surface area contributed by atoms with Crippen LogP contribution in [0.5, 0.6) is 0 Å². The zero-order chi connectivity index (χ0) is 13.7. The molecule has 2 aliphatic rings. The molecule has 1 aliphatic heterocycles. The van der Waals surface area contributed by atoms with E-state index in [-0.39, 0.29) is 17.9 Å². The summed E-state index contributed by atoms with van der Waals surface area (Å²) in [6.45, 7) is 4.69. The van der Waals surface area contributed by atoms with Gasteiger partial charge in [0.05, 0.1) is 26.4 Å². The lowest BCUT2D eigenvalue weighted by Gasteiger charge is -2.25. The van der Waals surface area contributed by atoms with Crippen LogP contribution in [0.4, 0.5) is 0 Å². The molecule has 1 aliphatic carbocycles. The summed E-state index contributed by atoms with van der Waals surface area (Å²) < 4.78 is 16.7. The fourth-order valence-electron chi connectivity index (χ4n) is 2.97. The van der Waals surface area contributed by atoms with Crippen molar-refractivity contribution in [1.82, 2.24) is 4.90 Å². The lowest BCUT2D eigenvalue weighted by Crippen LogP contribution is -2.39. The Labute approximate surface area is 115 Å². The molecule has 1 spiro atoms. The summed E-state index contributed by atoms with van der Waals surface area (Å²) in [4.78, 5) is 13.5. The smallest absolute Gasteiger partial charge is 0.319 e. The van der Waals surface area contributed by atoms with Crippen molar-refractivity contribution in [3.63, 3.8) is 0 Å². The van der Waals surface area contributed by atoms with Crippen LogP contribution in [0.3, 0.4) is 0 Å². The van der Waals surface area contributed by atoms with Crippen molar-refractivity contribution in [3.8, 4) is 0 Å². The third-order valence-electron chi connectivity index (χ3n) is 3.86. The highest BCUT2D eigenvalue weighted by Crippen LogP contribution is 2.39. The van der Waals surface area contributed by atoms with Crippen molar-refractivity contribution >= 4 is 5.97 Å². The maximum atomic E-state index is 11.4. The number of rotatable bonds is 6. The number of hydrogen-bond donors (Lipinski definition) is 0. The Bertz CT molecular complexity index is 302. The molecule has 1 saturated heterocycles. The fourth-order valence-corrected chi connectivity index (χ4v) is 2.97. The number of carbonyl (C=O) groups is 1. The molecule has 1 heterocycles. The molecular formula is C14H25NO4. The van der Waals surface area contributed by atoms with E-state index in [2.05, 4.69) is 11.8 Å². The number of hydrogen-bond acceptors (Lipinski definition) is 5. The Morgan fingerprint density at radius 1 is 1.42 bits per heavy atom. The van der Waals surface area contributed by atoms with E-state index in [1.807, 2.05) is 0 Å². The summed E-state index contributed by atoms with van der Waals surface area (Å²) in [5, 5.41) is 0. The molecule has 1 unspecified atom stereocenters. The van der Waals surface area contributed by atoms with Gasteiger partial charge in [-0.25, -0.2) is 0 Å². The van der Waals surface area contributed by atoms with Crippen LogP contribution in [0.2, 0.25) is 0 Å². The van der Waals surface area contributed by atoms with Gasteiger partial charge in [0.2, 0.25) is 0 Å². The Balaban J connectivity index is 1.82. The minimum absolute atomic E-state index is 0.0781. The molecule has 110 valence electrons. The molecule has 19 heavy (non-hydrogen) atoms. The number of ether oxygens (including phenoxy) is 3. The van der Waals surface area contributed by atoms with Gasteiger partial charge in [0.1, 0.15) is 0 Å². The average molecular weight is 271 g/mol. The first kappa shape index (κ1) is 14.8. The highest BCUT2D eigenvalue weighted by molar-refractivity contribution is 5.71. The number of carbonyl (C=O) groups excluding carboxylic acids is 1. The molecule has 1 saturated carbocycles. The van der Waals surface area contributed by atoms with Gasteiger partial charge in [0, 0.05) is 19.4 Å². The van der Waals surface area contributed by atoms with E-state index in [0.717, 1.165) is 32.4 Å². The van der Waals surface area contributed by atoms with Gasteiger partial charge in [0.15, 0.2) is 5.79 Å². The molecule has 0 aromatic heterocycles. The Morgan fingerprint density at radius 3 is 2.79 bits per heavy atom. The molecule has 0 aromatic carbocycles. The van der Waals surface area contributed by atoms with Crippen LogP contribution in [0.1, 0.15) is 39.0 Å². The monoisotopic (exact) mass is 271 g/mol. The summed E-state index contributed by atoms with van der Waals surface area (Å²) in [6, 6.07) is 0. The van der Waals surface area contributed by atoms with Crippen LogP contribution >= 0.6 is 0 Å². The van der Waals surface area contributed by atoms with E-state index in [0.29, 0.717) is 13.2 Å². The first-order valence-electron chi connectivity index (χ1n) is 7.28. The number of nitrogens with zero attached hydrogens (tertiary/aromatic N) is 1. The standard InChI is InChI=1S/C14H25NO4/c1-3-8-15(10-13(16)17-2)9-12-11-18-14(19-12)6-4-5-7-14/h12H,3-11H2,1-2H3. The average Bonchev–Trinajstić information content (AvgIpc) is 3.00. The number of esters is 1. The molecule has 0 N–H and O–H groups in total. The van der Waals surface area contributed by atoms with E-state index in [9.17, 15) is 4.79 Å². The third-order valence-corrected chi connectivity index (χ3v) is 3.86. The zero-order valence-corrected chi connectivity index (χ0v) is 12.0. The van der Waals surface area contributed by atoms with Crippen LogP contribution in [0, 0.1) is 0 Å². The largest absolute Gasteiger partial charge is 0.468 e. The van der Waals surface area contributed by atoms with E-state index in [1.165, 1.54) is 20.0 Å². The zero-order valence-electron chi connectivity index (χ0n) is 12.0. The normalized spacial score (nSPS) is 25.3. The Kier molecular flexibility index (Phi) is 5.19. The SMILES string of the molecule is CCCN(CC(=O)OC)CC1COC2(CCCC2)O1. The molecule has 5 nitrogen and oxygen atoms in total. The van der Waals surface area contributed by atoms with Crippen molar-refractivity contribution in [2.45, 2.75) is 50.9 Å². The lowest BCUT2D eigenvalue weighted by molar-refractivity contribution is -0.163. The maximum absolute atomic E-state index is 11.4. The molecule has 0 amide bonds. The van der Waals surface area contributed by atoms with E-state index in [1.54, 1.807) is 0 Å². The van der Waals surface area contributed by atoms with Crippen molar-refractivity contribution in [2.75, 3.05) is 33.4 Å². The molecule has 1 atom stereocenters. The van der Waals surface area contributed by atoms with Crippen LogP contribution in [0.15, 0.2) is 0 Å². The van der Waals surface area contributed by atoms with Gasteiger partial charge in [0.25, 0.3) is 0 Å². The van der Waals surface area contributed by atoms with Crippen LogP contribution in [0.25, 0.3) is 0 Å². The summed E-state index contributed by atoms with van der Waals surface area (Å²) in [6.07, 6.45) is 5.48. The first-order valence-corrected chi connectivity index (χ1v) is 7.28. The van der Waals surface area contributed by atoms with Crippen LogP contribution < -0.4 is 0 Å². The molecule has 5 heteroatoms. The van der Waals surface area contributed by atoms with Gasteiger partial charge in [-0.1, -0.05) is 6.92 Å². The van der Waals surface area contributed by atoms with Crippen molar-refractivity contribution in [3.05, 3.63) is 0 Å². The van der Waals surface area contributed by atoms with Gasteiger partial charge in [-0.05, 0) is 25.8 Å². The van der Waals surface area contributed by atoms with Crippen molar-refractivity contribution in [2.24, 2.45) is 0 Å². The topological polar surface area (TPSA) is 48.0 Å². The number of methoxy groups -OCH3 is 1. The quantitative estimate of drug-likeness (QED) is 0.686. The minimum Gasteiger partial charge on any atom is -0.468 e. The molecule has 2 fully saturated rings. The highest BCUT2D eigenvalue weighted by Gasteiger charge is 2.43. The molecule has 0 radical (unpaired) electrons. The molecular weight excluding hydrogens is 246 g/mol. The maximum Gasteiger partial charge on any atom is 0.319 e. The van der Waals surface area contributed by atoms with Crippen molar-refractivity contribution in [1.29, 1.82) is 0 Å². The van der Waals surface area contributed by atoms with Crippen LogP contribution in [-0.2, 0) is 19.0 Å². The molecule has 0 aromatic rings. The second-order valence-corrected chi connectivity index (χ2v) is 5.48. The van der Waals surface area contributed by atoms with Gasteiger partial charge < -0.3 is 14.2 Å². The summed E-state index contributed by atoms with van der Waals surface area (Å²) in [7, 11) is 1.43. The molecule has 2 rings (SSSR count). The predicted molar refractivity (Wildman–Crippen MR) is 70.8 cm³/mol. The minimum atomic E-state index is -0.312. The second-order valence-electron chi connectivity index (χ2n) is 5.48. The Morgan fingerprint density at radius 2 is 2.16 bits per heavy atom.